The van der Waals surface area contributed by atoms with Crippen molar-refractivity contribution in [3.05, 3.63) is 12.7 Å². The van der Waals surface area contributed by atoms with Gasteiger partial charge in [-0.3, -0.25) is 14.4 Å². The van der Waals surface area contributed by atoms with E-state index in [0.717, 1.165) is 31.8 Å². The fourth-order valence-corrected chi connectivity index (χ4v) is 3.49. The Morgan fingerprint density at radius 2 is 1.39 bits per heavy atom. The van der Waals surface area contributed by atoms with Crippen molar-refractivity contribution in [2.75, 3.05) is 52.9 Å². The van der Waals surface area contributed by atoms with Gasteiger partial charge in [-0.15, -0.1) is 0 Å². The molecule has 0 aliphatic heterocycles. The molecule has 0 aromatic heterocycles. The first-order valence-electron chi connectivity index (χ1n) is 12.4. The van der Waals surface area contributed by atoms with Gasteiger partial charge in [-0.2, -0.15) is 0 Å². The van der Waals surface area contributed by atoms with Crippen molar-refractivity contribution >= 4 is 23.9 Å². The first kappa shape index (κ1) is 31.5. The molecule has 1 aliphatic rings. The molecule has 0 spiro atoms. The standard InChI is InChI=1S/C25H40O11/c1-3-23(28)35-14-10-24(29)34-12-4-11-31-15-20-5-7-21(8-6-20)16-32-17-22(27)18-36-25(30)9-13-33-19(2)26/h3,20-22,27H,1,4-18H2,2H3. The Labute approximate surface area is 212 Å². The molecule has 1 saturated carbocycles. The van der Waals surface area contributed by atoms with Gasteiger partial charge in [-0.05, 0) is 37.5 Å². The summed E-state index contributed by atoms with van der Waals surface area (Å²) in [7, 11) is 0. The number of esters is 4. The van der Waals surface area contributed by atoms with Gasteiger partial charge in [0.05, 0.1) is 26.1 Å². The van der Waals surface area contributed by atoms with Gasteiger partial charge in [0.2, 0.25) is 0 Å². The lowest BCUT2D eigenvalue weighted by molar-refractivity contribution is -0.152. The number of hydrogen-bond donors (Lipinski definition) is 1. The molecule has 11 heteroatoms. The van der Waals surface area contributed by atoms with E-state index in [1.54, 1.807) is 0 Å². The van der Waals surface area contributed by atoms with Crippen LogP contribution in [0.15, 0.2) is 12.7 Å². The summed E-state index contributed by atoms with van der Waals surface area (Å²) in [6, 6.07) is 0. The highest BCUT2D eigenvalue weighted by molar-refractivity contribution is 5.81. The zero-order valence-corrected chi connectivity index (χ0v) is 21.2. The normalized spacial score (nSPS) is 18.1. The monoisotopic (exact) mass is 516 g/mol. The number of aliphatic hydroxyl groups excluding tert-OH is 1. The lowest BCUT2D eigenvalue weighted by atomic mass is 9.83. The number of rotatable bonds is 19. The van der Waals surface area contributed by atoms with Crippen LogP contribution < -0.4 is 0 Å². The average molecular weight is 517 g/mol. The highest BCUT2D eigenvalue weighted by Gasteiger charge is 2.22. The third-order valence-corrected chi connectivity index (χ3v) is 5.45. The van der Waals surface area contributed by atoms with Gasteiger partial charge in [0.25, 0.3) is 0 Å². The molecular formula is C25H40O11. The molecule has 1 aliphatic carbocycles. The summed E-state index contributed by atoms with van der Waals surface area (Å²) >= 11 is 0. The zero-order chi connectivity index (χ0) is 26.6. The van der Waals surface area contributed by atoms with E-state index in [4.69, 9.17) is 23.7 Å². The molecule has 1 unspecified atom stereocenters. The van der Waals surface area contributed by atoms with Crippen molar-refractivity contribution in [1.82, 2.24) is 0 Å². The summed E-state index contributed by atoms with van der Waals surface area (Å²) in [5.74, 6) is -1.08. The summed E-state index contributed by atoms with van der Waals surface area (Å²) in [5, 5.41) is 9.89. The number of carbonyl (C=O) groups is 4. The van der Waals surface area contributed by atoms with Gasteiger partial charge in [-0.1, -0.05) is 6.58 Å². The summed E-state index contributed by atoms with van der Waals surface area (Å²) in [6.45, 7) is 6.38. The van der Waals surface area contributed by atoms with Crippen LogP contribution in [0.5, 0.6) is 0 Å². The zero-order valence-electron chi connectivity index (χ0n) is 21.2. The highest BCUT2D eigenvalue weighted by Crippen LogP contribution is 2.29. The summed E-state index contributed by atoms with van der Waals surface area (Å²) < 4.78 is 30.7. The van der Waals surface area contributed by atoms with Crippen molar-refractivity contribution < 1.29 is 52.7 Å². The highest BCUT2D eigenvalue weighted by atomic mass is 16.6. The smallest absolute Gasteiger partial charge is 0.330 e. The van der Waals surface area contributed by atoms with Crippen LogP contribution in [0, 0.1) is 11.8 Å². The predicted octanol–water partition coefficient (Wildman–Crippen LogP) is 1.74. The number of carbonyl (C=O) groups excluding carboxylic acids is 4. The van der Waals surface area contributed by atoms with Crippen LogP contribution in [0.1, 0.15) is 51.9 Å². The van der Waals surface area contributed by atoms with Crippen molar-refractivity contribution in [1.29, 1.82) is 0 Å². The molecule has 1 atom stereocenters. The minimum Gasteiger partial charge on any atom is -0.465 e. The van der Waals surface area contributed by atoms with Gasteiger partial charge in [0.15, 0.2) is 0 Å². The Morgan fingerprint density at radius 3 is 2.00 bits per heavy atom. The Bertz CT molecular complexity index is 671. The number of hydrogen-bond acceptors (Lipinski definition) is 11. The van der Waals surface area contributed by atoms with Crippen LogP contribution in [-0.4, -0.2) is 87.9 Å². The Kier molecular flexibility index (Phi) is 17.2. The third-order valence-electron chi connectivity index (χ3n) is 5.45. The Hall–Kier alpha value is -2.50. The van der Waals surface area contributed by atoms with Gasteiger partial charge >= 0.3 is 23.9 Å². The van der Waals surface area contributed by atoms with Gasteiger partial charge < -0.3 is 33.5 Å². The minimum atomic E-state index is -0.901. The molecular weight excluding hydrogens is 476 g/mol. The van der Waals surface area contributed by atoms with E-state index < -0.39 is 30.0 Å². The predicted molar refractivity (Wildman–Crippen MR) is 127 cm³/mol. The molecule has 11 nitrogen and oxygen atoms in total. The fraction of sp³-hybridized carbons (Fsp3) is 0.760. The lowest BCUT2D eigenvalue weighted by Crippen LogP contribution is -2.27. The van der Waals surface area contributed by atoms with Crippen molar-refractivity contribution in [2.24, 2.45) is 11.8 Å². The van der Waals surface area contributed by atoms with E-state index >= 15 is 0 Å². The number of aliphatic hydroxyl groups is 1. The SMILES string of the molecule is C=CC(=O)OCCC(=O)OCCCOCC1CCC(COCC(O)COC(=O)CCOC(C)=O)CC1. The second-order valence-electron chi connectivity index (χ2n) is 8.62. The van der Waals surface area contributed by atoms with Crippen molar-refractivity contribution in [3.63, 3.8) is 0 Å². The minimum absolute atomic E-state index is 0.0127. The topological polar surface area (TPSA) is 144 Å². The quantitative estimate of drug-likeness (QED) is 0.116. The molecule has 0 radical (unpaired) electrons. The second-order valence-corrected chi connectivity index (χ2v) is 8.62. The van der Waals surface area contributed by atoms with E-state index in [-0.39, 0.29) is 45.9 Å². The lowest BCUT2D eigenvalue weighted by Gasteiger charge is -2.28. The summed E-state index contributed by atoms with van der Waals surface area (Å²) in [4.78, 5) is 44.5. The molecule has 0 amide bonds. The summed E-state index contributed by atoms with van der Waals surface area (Å²) in [6.07, 6.45) is 4.81. The summed E-state index contributed by atoms with van der Waals surface area (Å²) in [5.41, 5.74) is 0. The molecule has 0 aromatic carbocycles. The molecule has 0 bridgehead atoms. The van der Waals surface area contributed by atoms with Gasteiger partial charge in [0, 0.05) is 39.2 Å². The van der Waals surface area contributed by atoms with Crippen LogP contribution in [-0.2, 0) is 47.6 Å². The second kappa shape index (κ2) is 19.7. The van der Waals surface area contributed by atoms with Crippen molar-refractivity contribution in [3.8, 4) is 0 Å². The molecule has 1 rings (SSSR count). The fourth-order valence-electron chi connectivity index (χ4n) is 3.49. The van der Waals surface area contributed by atoms with Gasteiger partial charge in [0.1, 0.15) is 25.9 Å². The van der Waals surface area contributed by atoms with E-state index in [2.05, 4.69) is 11.3 Å². The largest absolute Gasteiger partial charge is 0.465 e. The van der Waals surface area contributed by atoms with Crippen LogP contribution in [0.3, 0.4) is 0 Å². The first-order valence-corrected chi connectivity index (χ1v) is 12.4. The van der Waals surface area contributed by atoms with E-state index in [0.29, 0.717) is 38.1 Å². The van der Waals surface area contributed by atoms with Crippen molar-refractivity contribution in [2.45, 2.75) is 58.0 Å². The van der Waals surface area contributed by atoms with Crippen LogP contribution in [0.25, 0.3) is 0 Å². The first-order chi connectivity index (χ1) is 17.3. The Morgan fingerprint density at radius 1 is 0.806 bits per heavy atom. The molecule has 0 aromatic rings. The maximum atomic E-state index is 11.5. The Balaban J connectivity index is 1.96. The van der Waals surface area contributed by atoms with E-state index in [1.165, 1.54) is 6.92 Å². The number of ether oxygens (including phenoxy) is 6. The van der Waals surface area contributed by atoms with Crippen LogP contribution >= 0.6 is 0 Å². The maximum Gasteiger partial charge on any atom is 0.330 e. The molecule has 0 heterocycles. The van der Waals surface area contributed by atoms with Crippen LogP contribution in [0.4, 0.5) is 0 Å². The van der Waals surface area contributed by atoms with E-state index in [9.17, 15) is 24.3 Å². The molecule has 206 valence electrons. The third kappa shape index (κ3) is 17.0. The molecule has 0 saturated heterocycles. The van der Waals surface area contributed by atoms with Gasteiger partial charge in [-0.25, -0.2) is 4.79 Å². The molecule has 36 heavy (non-hydrogen) atoms. The molecule has 1 fully saturated rings. The maximum absolute atomic E-state index is 11.5. The average Bonchev–Trinajstić information content (AvgIpc) is 2.85. The van der Waals surface area contributed by atoms with E-state index in [1.807, 2.05) is 0 Å². The van der Waals surface area contributed by atoms with Crippen LogP contribution in [0.2, 0.25) is 0 Å². The molecule has 1 N–H and O–H groups in total.